The summed E-state index contributed by atoms with van der Waals surface area (Å²) in [6.45, 7) is 3.74. The van der Waals surface area contributed by atoms with Crippen LogP contribution in [0, 0.1) is 0 Å². The van der Waals surface area contributed by atoms with Gasteiger partial charge in [-0.05, 0) is 31.4 Å². The van der Waals surface area contributed by atoms with E-state index in [0.717, 1.165) is 30.8 Å². The zero-order valence-electron chi connectivity index (χ0n) is 10.5. The van der Waals surface area contributed by atoms with E-state index in [9.17, 15) is 0 Å². The molecule has 0 fully saturated rings. The number of rotatable bonds is 6. The Morgan fingerprint density at radius 2 is 2.39 bits per heavy atom. The Kier molecular flexibility index (Phi) is 5.11. The maximum absolute atomic E-state index is 6.03. The number of para-hydroxylation sites is 1. The molecule has 18 heavy (non-hydrogen) atoms. The van der Waals surface area contributed by atoms with E-state index < -0.39 is 0 Å². The summed E-state index contributed by atoms with van der Waals surface area (Å²) in [5.74, 6) is 7.56. The second-order valence-electron chi connectivity index (χ2n) is 4.41. The molecule has 0 saturated carbocycles. The van der Waals surface area contributed by atoms with Crippen LogP contribution in [0.5, 0.6) is 5.75 Å². The SMILES string of the molecule is C=CCCCC(NN)C1CSc2ccccc2O1. The van der Waals surface area contributed by atoms with E-state index in [-0.39, 0.29) is 12.1 Å². The summed E-state index contributed by atoms with van der Waals surface area (Å²) in [7, 11) is 0. The van der Waals surface area contributed by atoms with Gasteiger partial charge in [-0.1, -0.05) is 18.2 Å². The van der Waals surface area contributed by atoms with Gasteiger partial charge in [-0.3, -0.25) is 11.3 Å². The van der Waals surface area contributed by atoms with Crippen molar-refractivity contribution in [2.75, 3.05) is 5.75 Å². The summed E-state index contributed by atoms with van der Waals surface area (Å²) >= 11 is 1.84. The molecular formula is C14H20N2OS. The highest BCUT2D eigenvalue weighted by molar-refractivity contribution is 7.99. The van der Waals surface area contributed by atoms with Gasteiger partial charge in [0.2, 0.25) is 0 Å². The first-order valence-corrected chi connectivity index (χ1v) is 7.29. The lowest BCUT2D eigenvalue weighted by molar-refractivity contribution is 0.160. The van der Waals surface area contributed by atoms with Crippen LogP contribution >= 0.6 is 11.8 Å². The van der Waals surface area contributed by atoms with E-state index in [1.54, 1.807) is 0 Å². The molecule has 1 aliphatic rings. The highest BCUT2D eigenvalue weighted by atomic mass is 32.2. The number of hydrazine groups is 1. The molecule has 0 aliphatic carbocycles. The number of ether oxygens (including phenoxy) is 1. The van der Waals surface area contributed by atoms with Gasteiger partial charge in [0.05, 0.1) is 6.04 Å². The summed E-state index contributed by atoms with van der Waals surface area (Å²) in [5.41, 5.74) is 2.89. The number of allylic oxidation sites excluding steroid dienone is 1. The van der Waals surface area contributed by atoms with Crippen molar-refractivity contribution >= 4 is 11.8 Å². The van der Waals surface area contributed by atoms with E-state index in [1.807, 2.05) is 36.0 Å². The van der Waals surface area contributed by atoms with Crippen molar-refractivity contribution in [1.82, 2.24) is 5.43 Å². The molecule has 0 saturated heterocycles. The Balaban J connectivity index is 1.95. The van der Waals surface area contributed by atoms with Crippen molar-refractivity contribution in [3.8, 4) is 5.75 Å². The molecule has 1 aromatic rings. The molecule has 98 valence electrons. The van der Waals surface area contributed by atoms with Crippen molar-refractivity contribution in [3.63, 3.8) is 0 Å². The summed E-state index contributed by atoms with van der Waals surface area (Å²) < 4.78 is 6.03. The largest absolute Gasteiger partial charge is 0.487 e. The predicted octanol–water partition coefficient (Wildman–Crippen LogP) is 2.73. The van der Waals surface area contributed by atoms with Crippen molar-refractivity contribution in [2.24, 2.45) is 5.84 Å². The number of thioether (sulfide) groups is 1. The second-order valence-corrected chi connectivity index (χ2v) is 5.47. The lowest BCUT2D eigenvalue weighted by Crippen LogP contribution is -2.48. The Labute approximate surface area is 113 Å². The Morgan fingerprint density at radius 1 is 1.56 bits per heavy atom. The summed E-state index contributed by atoms with van der Waals surface area (Å²) in [6.07, 6.45) is 5.20. The molecule has 0 amide bonds. The van der Waals surface area contributed by atoms with Crippen LogP contribution in [0.25, 0.3) is 0 Å². The van der Waals surface area contributed by atoms with Gasteiger partial charge in [0.1, 0.15) is 11.9 Å². The zero-order valence-corrected chi connectivity index (χ0v) is 11.3. The highest BCUT2D eigenvalue weighted by Crippen LogP contribution is 2.36. The molecule has 4 heteroatoms. The first kappa shape index (κ1) is 13.5. The van der Waals surface area contributed by atoms with E-state index in [0.29, 0.717) is 0 Å². The first-order chi connectivity index (χ1) is 8.85. The van der Waals surface area contributed by atoms with E-state index >= 15 is 0 Å². The smallest absolute Gasteiger partial charge is 0.133 e. The molecule has 1 heterocycles. The Morgan fingerprint density at radius 3 is 3.17 bits per heavy atom. The van der Waals surface area contributed by atoms with Gasteiger partial charge in [-0.25, -0.2) is 0 Å². The number of unbranched alkanes of at least 4 members (excludes halogenated alkanes) is 1. The number of hydrogen-bond acceptors (Lipinski definition) is 4. The molecule has 3 nitrogen and oxygen atoms in total. The van der Waals surface area contributed by atoms with Crippen LogP contribution in [0.3, 0.4) is 0 Å². The predicted molar refractivity (Wildman–Crippen MR) is 76.7 cm³/mol. The molecule has 2 rings (SSSR count). The van der Waals surface area contributed by atoms with Crippen LogP contribution in [0.1, 0.15) is 19.3 Å². The summed E-state index contributed by atoms with van der Waals surface area (Å²) in [5, 5.41) is 0. The second kappa shape index (κ2) is 6.83. The van der Waals surface area contributed by atoms with Crippen LogP contribution in [0.15, 0.2) is 41.8 Å². The highest BCUT2D eigenvalue weighted by Gasteiger charge is 2.26. The topological polar surface area (TPSA) is 47.3 Å². The number of hydrogen-bond donors (Lipinski definition) is 2. The van der Waals surface area contributed by atoms with Crippen LogP contribution in [-0.4, -0.2) is 17.9 Å². The fraction of sp³-hybridized carbons (Fsp3) is 0.429. The van der Waals surface area contributed by atoms with Crippen molar-refractivity contribution in [3.05, 3.63) is 36.9 Å². The lowest BCUT2D eigenvalue weighted by atomic mass is 10.1. The van der Waals surface area contributed by atoms with Crippen molar-refractivity contribution in [1.29, 1.82) is 0 Å². The number of nitrogens with one attached hydrogen (secondary N) is 1. The maximum Gasteiger partial charge on any atom is 0.133 e. The molecule has 2 atom stereocenters. The monoisotopic (exact) mass is 264 g/mol. The number of nitrogens with two attached hydrogens (primary N) is 1. The Hall–Kier alpha value is -0.970. The third-order valence-electron chi connectivity index (χ3n) is 3.12. The third-order valence-corrected chi connectivity index (χ3v) is 4.26. The molecule has 0 aromatic heterocycles. The van der Waals surface area contributed by atoms with Gasteiger partial charge in [0.15, 0.2) is 0 Å². The van der Waals surface area contributed by atoms with Gasteiger partial charge in [-0.2, -0.15) is 0 Å². The quantitative estimate of drug-likeness (QED) is 0.359. The van der Waals surface area contributed by atoms with Crippen LogP contribution in [0.4, 0.5) is 0 Å². The van der Waals surface area contributed by atoms with Crippen molar-refractivity contribution in [2.45, 2.75) is 36.3 Å². The molecule has 0 spiro atoms. The fourth-order valence-electron chi connectivity index (χ4n) is 2.09. The van der Waals surface area contributed by atoms with Crippen molar-refractivity contribution < 1.29 is 4.74 Å². The van der Waals surface area contributed by atoms with Gasteiger partial charge in [0, 0.05) is 10.6 Å². The molecule has 0 radical (unpaired) electrons. The minimum absolute atomic E-state index is 0.139. The zero-order chi connectivity index (χ0) is 12.8. The van der Waals surface area contributed by atoms with E-state index in [4.69, 9.17) is 10.6 Å². The standard InChI is InChI=1S/C14H20N2OS/c1-2-3-4-7-11(16-15)13-10-18-14-9-6-5-8-12(14)17-13/h2,5-6,8-9,11,13,16H,1,3-4,7,10,15H2. The molecule has 2 unspecified atom stereocenters. The van der Waals surface area contributed by atoms with Crippen LogP contribution in [0.2, 0.25) is 0 Å². The summed E-state index contributed by atoms with van der Waals surface area (Å²) in [4.78, 5) is 1.22. The molecule has 0 bridgehead atoms. The molecule has 1 aromatic carbocycles. The first-order valence-electron chi connectivity index (χ1n) is 6.30. The lowest BCUT2D eigenvalue weighted by Gasteiger charge is -2.31. The molecule has 3 N–H and O–H groups in total. The number of benzene rings is 1. The van der Waals surface area contributed by atoms with Gasteiger partial charge >= 0.3 is 0 Å². The maximum atomic E-state index is 6.03. The fourth-order valence-corrected chi connectivity index (χ4v) is 3.17. The minimum atomic E-state index is 0.139. The van der Waals surface area contributed by atoms with Gasteiger partial charge in [0.25, 0.3) is 0 Å². The minimum Gasteiger partial charge on any atom is -0.487 e. The summed E-state index contributed by atoms with van der Waals surface area (Å²) in [6, 6.07) is 8.36. The van der Waals surface area contributed by atoms with Gasteiger partial charge in [-0.15, -0.1) is 18.3 Å². The molecular weight excluding hydrogens is 244 g/mol. The Bertz CT molecular complexity index is 397. The molecule has 1 aliphatic heterocycles. The van der Waals surface area contributed by atoms with E-state index in [2.05, 4.69) is 18.1 Å². The third kappa shape index (κ3) is 3.28. The van der Waals surface area contributed by atoms with Crippen LogP contribution in [-0.2, 0) is 0 Å². The van der Waals surface area contributed by atoms with Crippen LogP contribution < -0.4 is 16.0 Å². The number of fused-ring (bicyclic) bond motifs is 1. The normalized spacial score (nSPS) is 19.7. The van der Waals surface area contributed by atoms with Gasteiger partial charge < -0.3 is 4.74 Å². The average molecular weight is 264 g/mol. The van der Waals surface area contributed by atoms with E-state index in [1.165, 1.54) is 4.90 Å². The average Bonchev–Trinajstić information content (AvgIpc) is 2.43.